The minimum atomic E-state index is 0.271. The molecule has 2 aliphatic carbocycles. The van der Waals surface area contributed by atoms with Gasteiger partial charge >= 0.3 is 0 Å². The van der Waals surface area contributed by atoms with Gasteiger partial charge in [0.2, 0.25) is 0 Å². The Morgan fingerprint density at radius 3 is 2.33 bits per heavy atom. The van der Waals surface area contributed by atoms with Crippen LogP contribution in [0.3, 0.4) is 0 Å². The molecule has 1 spiro atoms. The van der Waals surface area contributed by atoms with Crippen LogP contribution in [-0.4, -0.2) is 11.7 Å². The molecule has 18 heavy (non-hydrogen) atoms. The number of ether oxygens (including phenoxy) is 1. The lowest BCUT2D eigenvalue weighted by atomic mass is 9.45. The van der Waals surface area contributed by atoms with Gasteiger partial charge in [0, 0.05) is 0 Å². The van der Waals surface area contributed by atoms with Gasteiger partial charge in [-0.1, -0.05) is 34.1 Å². The van der Waals surface area contributed by atoms with Gasteiger partial charge in [-0.05, 0) is 61.7 Å². The maximum Gasteiger partial charge on any atom is 0.0978 e. The van der Waals surface area contributed by atoms with E-state index in [-0.39, 0.29) is 5.60 Å². The largest absolute Gasteiger partial charge is 0.366 e. The molecule has 5 unspecified atom stereocenters. The molecule has 0 amide bonds. The fraction of sp³-hybridized carbons (Fsp3) is 1.00. The van der Waals surface area contributed by atoms with Gasteiger partial charge in [-0.3, -0.25) is 0 Å². The molecule has 0 aromatic heterocycles. The molecule has 1 aliphatic heterocycles. The molecular formula is C17H30O. The molecule has 0 radical (unpaired) electrons. The first-order chi connectivity index (χ1) is 8.37. The lowest BCUT2D eigenvalue weighted by Crippen LogP contribution is -2.54. The smallest absolute Gasteiger partial charge is 0.0978 e. The summed E-state index contributed by atoms with van der Waals surface area (Å²) < 4.78 is 6.13. The summed E-state index contributed by atoms with van der Waals surface area (Å²) in [5.74, 6) is 1.70. The van der Waals surface area contributed by atoms with Crippen LogP contribution in [0, 0.1) is 22.7 Å². The second-order valence-electron chi connectivity index (χ2n) is 8.12. The molecule has 1 saturated heterocycles. The Kier molecular flexibility index (Phi) is 2.70. The second-order valence-corrected chi connectivity index (χ2v) is 8.12. The van der Waals surface area contributed by atoms with Crippen molar-refractivity contribution >= 4 is 0 Å². The average Bonchev–Trinajstić information content (AvgIpc) is 2.87. The highest BCUT2D eigenvalue weighted by molar-refractivity contribution is 5.16. The fourth-order valence-corrected chi connectivity index (χ4v) is 6.14. The monoisotopic (exact) mass is 250 g/mol. The number of hydrogen-bond donors (Lipinski definition) is 0. The summed E-state index contributed by atoms with van der Waals surface area (Å²) >= 11 is 0. The summed E-state index contributed by atoms with van der Waals surface area (Å²) in [6.45, 7) is 12.3. The number of epoxide rings is 1. The molecule has 104 valence electrons. The van der Waals surface area contributed by atoms with Crippen LogP contribution in [0.4, 0.5) is 0 Å². The minimum Gasteiger partial charge on any atom is -0.366 e. The Morgan fingerprint density at radius 1 is 1.11 bits per heavy atom. The predicted molar refractivity (Wildman–Crippen MR) is 75.5 cm³/mol. The zero-order valence-electron chi connectivity index (χ0n) is 12.9. The van der Waals surface area contributed by atoms with E-state index in [9.17, 15) is 0 Å². The van der Waals surface area contributed by atoms with Gasteiger partial charge in [0.1, 0.15) is 0 Å². The Labute approximate surface area is 113 Å². The predicted octanol–water partition coefficient (Wildman–Crippen LogP) is 4.80. The van der Waals surface area contributed by atoms with Gasteiger partial charge in [-0.2, -0.15) is 0 Å². The first kappa shape index (κ1) is 13.0. The number of rotatable bonds is 1. The van der Waals surface area contributed by atoms with Gasteiger partial charge in [0.25, 0.3) is 0 Å². The summed E-state index contributed by atoms with van der Waals surface area (Å²) in [7, 11) is 0. The Hall–Kier alpha value is -0.0400. The van der Waals surface area contributed by atoms with Crippen LogP contribution < -0.4 is 0 Å². The number of fused-ring (bicyclic) bond motifs is 1. The van der Waals surface area contributed by atoms with E-state index in [0.717, 1.165) is 11.8 Å². The topological polar surface area (TPSA) is 12.5 Å². The first-order valence-electron chi connectivity index (χ1n) is 8.04. The van der Waals surface area contributed by atoms with E-state index >= 15 is 0 Å². The third-order valence-corrected chi connectivity index (χ3v) is 6.92. The highest BCUT2D eigenvalue weighted by atomic mass is 16.6. The van der Waals surface area contributed by atoms with E-state index in [1.165, 1.54) is 38.5 Å². The van der Waals surface area contributed by atoms with E-state index in [4.69, 9.17) is 4.74 Å². The zero-order valence-corrected chi connectivity index (χ0v) is 12.9. The van der Waals surface area contributed by atoms with Crippen molar-refractivity contribution in [1.82, 2.24) is 0 Å². The van der Waals surface area contributed by atoms with Crippen LogP contribution in [0.1, 0.15) is 73.1 Å². The Morgan fingerprint density at radius 2 is 1.78 bits per heavy atom. The van der Waals surface area contributed by atoms with Crippen LogP contribution in [0.25, 0.3) is 0 Å². The molecule has 3 aliphatic rings. The summed E-state index contributed by atoms with van der Waals surface area (Å²) in [4.78, 5) is 0. The second kappa shape index (κ2) is 3.75. The van der Waals surface area contributed by atoms with Gasteiger partial charge < -0.3 is 4.74 Å². The third-order valence-electron chi connectivity index (χ3n) is 6.92. The lowest BCUT2D eigenvalue weighted by molar-refractivity contribution is -0.106. The molecule has 1 nitrogen and oxygen atoms in total. The molecule has 2 saturated carbocycles. The third kappa shape index (κ3) is 1.49. The van der Waals surface area contributed by atoms with E-state index in [1.54, 1.807) is 0 Å². The summed E-state index contributed by atoms with van der Waals surface area (Å²) in [6, 6.07) is 0. The molecule has 0 aromatic carbocycles. The van der Waals surface area contributed by atoms with Crippen molar-refractivity contribution in [2.45, 2.75) is 84.8 Å². The molecule has 3 rings (SSSR count). The molecule has 5 atom stereocenters. The maximum atomic E-state index is 6.13. The Balaban J connectivity index is 1.96. The zero-order chi connectivity index (χ0) is 13.2. The lowest BCUT2D eigenvalue weighted by Gasteiger charge is -2.59. The summed E-state index contributed by atoms with van der Waals surface area (Å²) in [6.07, 6.45) is 8.80. The van der Waals surface area contributed by atoms with Crippen molar-refractivity contribution in [1.29, 1.82) is 0 Å². The van der Waals surface area contributed by atoms with Gasteiger partial charge in [0.15, 0.2) is 0 Å². The molecule has 3 fully saturated rings. The standard InChI is InChI=1S/C17H30O/c1-6-13-16(5)10-7-9-15(3,4)14(16)8-11-17(13)12(2)18-17/h12-14H,6-11H2,1-5H3. The van der Waals surface area contributed by atoms with Crippen LogP contribution in [0.15, 0.2) is 0 Å². The molecule has 1 heterocycles. The van der Waals surface area contributed by atoms with Crippen molar-refractivity contribution in [3.05, 3.63) is 0 Å². The van der Waals surface area contributed by atoms with Crippen LogP contribution in [-0.2, 0) is 4.74 Å². The SMILES string of the molecule is CCC1C2(C)CCCC(C)(C)C2CCC12OC2C. The Bertz CT molecular complexity index is 348. The average molecular weight is 250 g/mol. The van der Waals surface area contributed by atoms with Crippen molar-refractivity contribution in [3.63, 3.8) is 0 Å². The van der Waals surface area contributed by atoms with E-state index in [1.807, 2.05) is 0 Å². The summed E-state index contributed by atoms with van der Waals surface area (Å²) in [5.41, 5.74) is 1.34. The van der Waals surface area contributed by atoms with Crippen molar-refractivity contribution in [2.24, 2.45) is 22.7 Å². The van der Waals surface area contributed by atoms with Crippen LogP contribution in [0.5, 0.6) is 0 Å². The number of hydrogen-bond acceptors (Lipinski definition) is 1. The van der Waals surface area contributed by atoms with E-state index in [2.05, 4.69) is 34.6 Å². The molecule has 0 N–H and O–H groups in total. The van der Waals surface area contributed by atoms with E-state index in [0.29, 0.717) is 16.9 Å². The van der Waals surface area contributed by atoms with Gasteiger partial charge in [-0.15, -0.1) is 0 Å². The molecular weight excluding hydrogens is 220 g/mol. The van der Waals surface area contributed by atoms with E-state index < -0.39 is 0 Å². The summed E-state index contributed by atoms with van der Waals surface area (Å²) in [5, 5.41) is 0. The first-order valence-corrected chi connectivity index (χ1v) is 8.04. The van der Waals surface area contributed by atoms with Gasteiger partial charge in [-0.25, -0.2) is 0 Å². The maximum absolute atomic E-state index is 6.13. The van der Waals surface area contributed by atoms with Crippen LogP contribution in [0.2, 0.25) is 0 Å². The van der Waals surface area contributed by atoms with Crippen molar-refractivity contribution < 1.29 is 4.74 Å². The highest BCUT2D eigenvalue weighted by Crippen LogP contribution is 2.67. The normalized spacial score (nSPS) is 54.2. The fourth-order valence-electron chi connectivity index (χ4n) is 6.14. The van der Waals surface area contributed by atoms with Crippen LogP contribution >= 0.6 is 0 Å². The van der Waals surface area contributed by atoms with Crippen molar-refractivity contribution in [3.8, 4) is 0 Å². The molecule has 1 heteroatoms. The van der Waals surface area contributed by atoms with Gasteiger partial charge in [0.05, 0.1) is 11.7 Å². The van der Waals surface area contributed by atoms with Crippen molar-refractivity contribution in [2.75, 3.05) is 0 Å². The highest BCUT2D eigenvalue weighted by Gasteiger charge is 2.67. The quantitative estimate of drug-likeness (QED) is 0.609. The molecule has 0 aromatic rings. The minimum absolute atomic E-state index is 0.271. The molecule has 0 bridgehead atoms.